The first-order chi connectivity index (χ1) is 14.7. The quantitative estimate of drug-likeness (QED) is 0.605. The molecule has 0 saturated carbocycles. The molecule has 1 aliphatic rings. The summed E-state index contributed by atoms with van der Waals surface area (Å²) in [6.45, 7) is 7.31. The summed E-state index contributed by atoms with van der Waals surface area (Å²) in [5.41, 5.74) is 0.640. The Hall–Kier alpha value is -2.49. The number of morpholine rings is 1. The molecule has 0 aromatic heterocycles. The monoisotopic (exact) mass is 449 g/mol. The van der Waals surface area contributed by atoms with Crippen LogP contribution in [0.3, 0.4) is 0 Å². The molecule has 2 aromatic rings. The number of halogens is 1. The molecule has 7 nitrogen and oxygen atoms in total. The molecule has 1 amide bonds. The van der Waals surface area contributed by atoms with Gasteiger partial charge in [0.2, 0.25) is 0 Å². The van der Waals surface area contributed by atoms with Crippen molar-refractivity contribution in [1.29, 1.82) is 0 Å². The first-order valence-electron chi connectivity index (χ1n) is 10.3. The summed E-state index contributed by atoms with van der Waals surface area (Å²) in [5.74, 6) is -0.702. The molecule has 0 unspecified atom stereocenters. The van der Waals surface area contributed by atoms with Gasteiger partial charge in [-0.1, -0.05) is 0 Å². The smallest absolute Gasteiger partial charge is 0.261 e. The van der Waals surface area contributed by atoms with E-state index in [1.807, 2.05) is 0 Å². The van der Waals surface area contributed by atoms with Crippen LogP contribution in [0, 0.1) is 5.82 Å². The van der Waals surface area contributed by atoms with Crippen LogP contribution in [-0.4, -0.2) is 57.6 Å². The Labute approximate surface area is 182 Å². The molecule has 1 saturated heterocycles. The highest BCUT2D eigenvalue weighted by Crippen LogP contribution is 2.17. The van der Waals surface area contributed by atoms with Crippen LogP contribution < -0.4 is 10.0 Å². The fourth-order valence-corrected chi connectivity index (χ4v) is 4.65. The van der Waals surface area contributed by atoms with Crippen molar-refractivity contribution in [2.24, 2.45) is 0 Å². The molecule has 2 N–H and O–H groups in total. The molecule has 1 aliphatic heterocycles. The number of rotatable bonds is 8. The average molecular weight is 450 g/mol. The van der Waals surface area contributed by atoms with Gasteiger partial charge in [0.1, 0.15) is 5.82 Å². The van der Waals surface area contributed by atoms with Gasteiger partial charge < -0.3 is 10.1 Å². The van der Waals surface area contributed by atoms with Crippen molar-refractivity contribution >= 4 is 21.6 Å². The molecular weight excluding hydrogens is 421 g/mol. The molecule has 9 heteroatoms. The molecule has 0 aliphatic carbocycles. The Morgan fingerprint density at radius 3 is 2.29 bits per heavy atom. The van der Waals surface area contributed by atoms with Crippen LogP contribution in [0.5, 0.6) is 0 Å². The number of hydrogen-bond donors (Lipinski definition) is 2. The van der Waals surface area contributed by atoms with Gasteiger partial charge in [-0.2, -0.15) is 0 Å². The second-order valence-corrected chi connectivity index (χ2v) is 9.45. The fraction of sp³-hybridized carbons (Fsp3) is 0.409. The number of nitrogens with one attached hydrogen (secondary N) is 2. The van der Waals surface area contributed by atoms with Crippen molar-refractivity contribution in [2.75, 3.05) is 30.9 Å². The lowest BCUT2D eigenvalue weighted by Crippen LogP contribution is -2.46. The summed E-state index contributed by atoms with van der Waals surface area (Å²) in [5, 5.41) is 2.87. The van der Waals surface area contributed by atoms with E-state index < -0.39 is 15.8 Å². The van der Waals surface area contributed by atoms with Crippen LogP contribution in [0.25, 0.3) is 0 Å². The highest BCUT2D eigenvalue weighted by atomic mass is 32.2. The predicted molar refractivity (Wildman–Crippen MR) is 117 cm³/mol. The van der Waals surface area contributed by atoms with Crippen LogP contribution in [0.1, 0.15) is 30.6 Å². The molecule has 2 atom stereocenters. The number of carbonyl (C=O) groups is 1. The lowest BCUT2D eigenvalue weighted by Gasteiger charge is -2.35. The van der Waals surface area contributed by atoms with Crippen LogP contribution in [-0.2, 0) is 14.8 Å². The third-order valence-corrected chi connectivity index (χ3v) is 6.35. The fourth-order valence-electron chi connectivity index (χ4n) is 3.59. The minimum absolute atomic E-state index is 0.0175. The maximum atomic E-state index is 13.0. The second-order valence-electron chi connectivity index (χ2n) is 7.76. The average Bonchev–Trinajstić information content (AvgIpc) is 2.72. The zero-order chi connectivity index (χ0) is 22.4. The van der Waals surface area contributed by atoms with Gasteiger partial charge in [0.15, 0.2) is 0 Å². The molecule has 3 rings (SSSR count). The summed E-state index contributed by atoms with van der Waals surface area (Å²) in [7, 11) is -3.83. The van der Waals surface area contributed by atoms with E-state index >= 15 is 0 Å². The number of amides is 1. The van der Waals surface area contributed by atoms with Crippen molar-refractivity contribution in [3.05, 3.63) is 59.9 Å². The van der Waals surface area contributed by atoms with E-state index in [1.165, 1.54) is 48.5 Å². The summed E-state index contributed by atoms with van der Waals surface area (Å²) in [6, 6.07) is 10.7. The molecule has 0 bridgehead atoms. The summed E-state index contributed by atoms with van der Waals surface area (Å²) in [4.78, 5) is 14.7. The Morgan fingerprint density at radius 1 is 1.06 bits per heavy atom. The Morgan fingerprint density at radius 2 is 1.68 bits per heavy atom. The second kappa shape index (κ2) is 10.2. The number of anilines is 1. The Bertz CT molecular complexity index is 971. The minimum atomic E-state index is -3.83. The molecular formula is C22H28FN3O4S. The van der Waals surface area contributed by atoms with Gasteiger partial charge in [-0.05, 0) is 68.8 Å². The standard InChI is InChI=1S/C22H28FN3O4S/c1-16-14-26(15-17(2)30-16)13-3-12-24-22(27)18-4-10-21(11-5-18)31(28,29)25-20-8-6-19(23)7-9-20/h4-11,16-17,25H,3,12-15H2,1-2H3,(H,24,27)/t16-,17+. The van der Waals surface area contributed by atoms with E-state index in [1.54, 1.807) is 0 Å². The molecule has 1 heterocycles. The summed E-state index contributed by atoms with van der Waals surface area (Å²) in [6.07, 6.45) is 1.25. The molecule has 168 valence electrons. The third-order valence-electron chi connectivity index (χ3n) is 4.96. The normalized spacial score (nSPS) is 19.7. The number of carbonyl (C=O) groups excluding carboxylic acids is 1. The topological polar surface area (TPSA) is 87.7 Å². The van der Waals surface area contributed by atoms with E-state index in [0.717, 1.165) is 26.1 Å². The molecule has 1 fully saturated rings. The van der Waals surface area contributed by atoms with E-state index in [9.17, 15) is 17.6 Å². The van der Waals surface area contributed by atoms with Gasteiger partial charge in [0.25, 0.3) is 15.9 Å². The SMILES string of the molecule is C[C@@H]1CN(CCCNC(=O)c2ccc(S(=O)(=O)Nc3ccc(F)cc3)cc2)C[C@H](C)O1. The largest absolute Gasteiger partial charge is 0.373 e. The lowest BCUT2D eigenvalue weighted by atomic mass is 10.2. The van der Waals surface area contributed by atoms with Gasteiger partial charge in [0.05, 0.1) is 17.1 Å². The lowest BCUT2D eigenvalue weighted by molar-refractivity contribution is -0.0680. The predicted octanol–water partition coefficient (Wildman–Crippen LogP) is 2.86. The first-order valence-corrected chi connectivity index (χ1v) is 11.8. The van der Waals surface area contributed by atoms with E-state index in [0.29, 0.717) is 12.1 Å². The number of hydrogen-bond acceptors (Lipinski definition) is 5. The number of nitrogens with zero attached hydrogens (tertiary/aromatic N) is 1. The molecule has 31 heavy (non-hydrogen) atoms. The van der Waals surface area contributed by atoms with E-state index in [-0.39, 0.29) is 28.7 Å². The first kappa shape index (κ1) is 23.2. The molecule has 2 aromatic carbocycles. The van der Waals surface area contributed by atoms with Crippen LogP contribution in [0.2, 0.25) is 0 Å². The van der Waals surface area contributed by atoms with Crippen molar-refractivity contribution in [3.8, 4) is 0 Å². The van der Waals surface area contributed by atoms with Gasteiger partial charge >= 0.3 is 0 Å². The number of benzene rings is 2. The van der Waals surface area contributed by atoms with Crippen LogP contribution in [0.15, 0.2) is 53.4 Å². The molecule has 0 radical (unpaired) electrons. The maximum absolute atomic E-state index is 13.0. The van der Waals surface area contributed by atoms with E-state index in [2.05, 4.69) is 28.8 Å². The summed E-state index contributed by atoms with van der Waals surface area (Å²) >= 11 is 0. The van der Waals surface area contributed by atoms with Gasteiger partial charge in [-0.15, -0.1) is 0 Å². The number of ether oxygens (including phenoxy) is 1. The van der Waals surface area contributed by atoms with E-state index in [4.69, 9.17) is 4.74 Å². The van der Waals surface area contributed by atoms with Crippen LogP contribution >= 0.6 is 0 Å². The number of sulfonamides is 1. The minimum Gasteiger partial charge on any atom is -0.373 e. The zero-order valence-electron chi connectivity index (χ0n) is 17.7. The van der Waals surface area contributed by atoms with Gasteiger partial charge in [-0.3, -0.25) is 14.4 Å². The Balaban J connectivity index is 1.48. The van der Waals surface area contributed by atoms with Crippen LogP contribution in [0.4, 0.5) is 10.1 Å². The Kier molecular flexibility index (Phi) is 7.64. The van der Waals surface area contributed by atoms with Crippen molar-refractivity contribution in [1.82, 2.24) is 10.2 Å². The van der Waals surface area contributed by atoms with Gasteiger partial charge in [0, 0.05) is 37.4 Å². The highest BCUT2D eigenvalue weighted by molar-refractivity contribution is 7.92. The molecule has 0 spiro atoms. The van der Waals surface area contributed by atoms with Crippen molar-refractivity contribution < 1.29 is 22.3 Å². The van der Waals surface area contributed by atoms with Gasteiger partial charge in [-0.25, -0.2) is 12.8 Å². The van der Waals surface area contributed by atoms with Crippen molar-refractivity contribution in [3.63, 3.8) is 0 Å². The maximum Gasteiger partial charge on any atom is 0.261 e. The zero-order valence-corrected chi connectivity index (χ0v) is 18.5. The summed E-state index contributed by atoms with van der Waals surface area (Å²) < 4.78 is 46.0. The third kappa shape index (κ3) is 6.75. The van der Waals surface area contributed by atoms with Crippen molar-refractivity contribution in [2.45, 2.75) is 37.4 Å². The highest BCUT2D eigenvalue weighted by Gasteiger charge is 2.21.